The first-order chi connectivity index (χ1) is 12.0. The first kappa shape index (κ1) is 18.5. The number of carbonyl (C=O) groups excluding carboxylic acids is 2. The molecular formula is C19H22N2O4. The maximum Gasteiger partial charge on any atom is 0.255 e. The molecule has 132 valence electrons. The smallest absolute Gasteiger partial charge is 0.255 e. The first-order valence-corrected chi connectivity index (χ1v) is 7.97. The monoisotopic (exact) mass is 342 g/mol. The quantitative estimate of drug-likeness (QED) is 0.810. The SMILES string of the molecule is CCOc1cccc(C(=O)Nc2cc(NC(=O)COC)ccc2C)c1. The number of nitrogens with one attached hydrogen (secondary N) is 2. The van der Waals surface area contributed by atoms with Crippen molar-refractivity contribution in [3.63, 3.8) is 0 Å². The van der Waals surface area contributed by atoms with E-state index in [-0.39, 0.29) is 18.4 Å². The third-order valence-electron chi connectivity index (χ3n) is 3.45. The number of benzene rings is 2. The van der Waals surface area contributed by atoms with Gasteiger partial charge < -0.3 is 20.1 Å². The molecule has 0 radical (unpaired) electrons. The van der Waals surface area contributed by atoms with Crippen LogP contribution in [0.4, 0.5) is 11.4 Å². The zero-order chi connectivity index (χ0) is 18.2. The lowest BCUT2D eigenvalue weighted by Gasteiger charge is -2.12. The number of hydrogen-bond donors (Lipinski definition) is 2. The number of carbonyl (C=O) groups is 2. The van der Waals surface area contributed by atoms with E-state index in [2.05, 4.69) is 10.6 Å². The van der Waals surface area contributed by atoms with Gasteiger partial charge in [-0.15, -0.1) is 0 Å². The van der Waals surface area contributed by atoms with Crippen molar-refractivity contribution in [1.82, 2.24) is 0 Å². The van der Waals surface area contributed by atoms with Gasteiger partial charge in [-0.25, -0.2) is 0 Å². The number of hydrogen-bond acceptors (Lipinski definition) is 4. The molecule has 2 amide bonds. The molecule has 6 nitrogen and oxygen atoms in total. The molecule has 25 heavy (non-hydrogen) atoms. The van der Waals surface area contributed by atoms with E-state index in [1.807, 2.05) is 19.9 Å². The summed E-state index contributed by atoms with van der Waals surface area (Å²) >= 11 is 0. The largest absolute Gasteiger partial charge is 0.494 e. The van der Waals surface area contributed by atoms with Gasteiger partial charge >= 0.3 is 0 Å². The highest BCUT2D eigenvalue weighted by molar-refractivity contribution is 6.05. The Kier molecular flexibility index (Phi) is 6.54. The Morgan fingerprint density at radius 1 is 1.08 bits per heavy atom. The summed E-state index contributed by atoms with van der Waals surface area (Å²) in [4.78, 5) is 24.1. The summed E-state index contributed by atoms with van der Waals surface area (Å²) in [6, 6.07) is 12.3. The van der Waals surface area contributed by atoms with Crippen molar-refractivity contribution in [3.8, 4) is 5.75 Å². The van der Waals surface area contributed by atoms with Crippen LogP contribution >= 0.6 is 0 Å². The lowest BCUT2D eigenvalue weighted by molar-refractivity contribution is -0.119. The highest BCUT2D eigenvalue weighted by Crippen LogP contribution is 2.22. The Morgan fingerprint density at radius 3 is 2.60 bits per heavy atom. The number of amides is 2. The van der Waals surface area contributed by atoms with Crippen molar-refractivity contribution in [3.05, 3.63) is 53.6 Å². The molecule has 2 aromatic carbocycles. The van der Waals surface area contributed by atoms with Crippen molar-refractivity contribution >= 4 is 23.2 Å². The van der Waals surface area contributed by atoms with Crippen LogP contribution in [0.1, 0.15) is 22.8 Å². The minimum absolute atomic E-state index is 0.0280. The van der Waals surface area contributed by atoms with Crippen LogP contribution in [0.25, 0.3) is 0 Å². The number of aryl methyl sites for hydroxylation is 1. The normalized spacial score (nSPS) is 10.2. The molecule has 2 aromatic rings. The van der Waals surface area contributed by atoms with Gasteiger partial charge in [-0.3, -0.25) is 9.59 Å². The molecule has 2 rings (SSSR count). The van der Waals surface area contributed by atoms with Gasteiger partial charge in [0.25, 0.3) is 5.91 Å². The van der Waals surface area contributed by atoms with Crippen LogP contribution in [0.5, 0.6) is 5.75 Å². The van der Waals surface area contributed by atoms with Gasteiger partial charge in [0.1, 0.15) is 12.4 Å². The number of ether oxygens (including phenoxy) is 2. The molecule has 0 unspecified atom stereocenters. The van der Waals surface area contributed by atoms with E-state index in [1.54, 1.807) is 36.4 Å². The summed E-state index contributed by atoms with van der Waals surface area (Å²) in [6.07, 6.45) is 0. The second-order valence-corrected chi connectivity index (χ2v) is 5.43. The minimum atomic E-state index is -0.256. The van der Waals surface area contributed by atoms with Gasteiger partial charge in [0.15, 0.2) is 0 Å². The second kappa shape index (κ2) is 8.84. The van der Waals surface area contributed by atoms with Crippen LogP contribution in [0, 0.1) is 6.92 Å². The van der Waals surface area contributed by atoms with Gasteiger partial charge in [-0.2, -0.15) is 0 Å². The average molecular weight is 342 g/mol. The van der Waals surface area contributed by atoms with E-state index in [9.17, 15) is 9.59 Å². The Bertz CT molecular complexity index is 759. The topological polar surface area (TPSA) is 76.7 Å². The number of anilines is 2. The van der Waals surface area contributed by atoms with Gasteiger partial charge in [-0.1, -0.05) is 12.1 Å². The molecular weight excluding hydrogens is 320 g/mol. The molecule has 0 bridgehead atoms. The van der Waals surface area contributed by atoms with Gasteiger partial charge in [-0.05, 0) is 49.7 Å². The summed E-state index contributed by atoms with van der Waals surface area (Å²) in [5, 5.41) is 5.58. The fraction of sp³-hybridized carbons (Fsp3) is 0.263. The summed E-state index contributed by atoms with van der Waals surface area (Å²) < 4.78 is 10.2. The Hall–Kier alpha value is -2.86. The van der Waals surface area contributed by atoms with E-state index in [0.29, 0.717) is 29.3 Å². The van der Waals surface area contributed by atoms with Gasteiger partial charge in [0.2, 0.25) is 5.91 Å². The van der Waals surface area contributed by atoms with E-state index in [0.717, 1.165) is 5.56 Å². The fourth-order valence-electron chi connectivity index (χ4n) is 2.25. The first-order valence-electron chi connectivity index (χ1n) is 7.97. The third kappa shape index (κ3) is 5.32. The van der Waals surface area contributed by atoms with E-state index >= 15 is 0 Å². The molecule has 0 aliphatic carbocycles. The molecule has 0 saturated heterocycles. The summed E-state index contributed by atoms with van der Waals surface area (Å²) in [5.74, 6) is 0.144. The summed E-state index contributed by atoms with van der Waals surface area (Å²) in [7, 11) is 1.46. The highest BCUT2D eigenvalue weighted by atomic mass is 16.5. The zero-order valence-electron chi connectivity index (χ0n) is 14.6. The van der Waals surface area contributed by atoms with Crippen LogP contribution in [-0.4, -0.2) is 32.1 Å². The summed E-state index contributed by atoms with van der Waals surface area (Å²) in [6.45, 7) is 4.28. The van der Waals surface area contributed by atoms with E-state index < -0.39 is 0 Å². The number of rotatable bonds is 7. The third-order valence-corrected chi connectivity index (χ3v) is 3.45. The maximum absolute atomic E-state index is 12.5. The molecule has 0 fully saturated rings. The Morgan fingerprint density at radius 2 is 1.88 bits per heavy atom. The molecule has 0 aromatic heterocycles. The van der Waals surface area contributed by atoms with Crippen molar-refractivity contribution in [2.45, 2.75) is 13.8 Å². The van der Waals surface area contributed by atoms with Gasteiger partial charge in [0, 0.05) is 24.0 Å². The van der Waals surface area contributed by atoms with Crippen LogP contribution in [0.15, 0.2) is 42.5 Å². The summed E-state index contributed by atoms with van der Waals surface area (Å²) in [5.41, 5.74) is 2.60. The Labute approximate surface area is 147 Å². The lowest BCUT2D eigenvalue weighted by Crippen LogP contribution is -2.18. The minimum Gasteiger partial charge on any atom is -0.494 e. The van der Waals surface area contributed by atoms with Crippen molar-refractivity contribution in [1.29, 1.82) is 0 Å². The average Bonchev–Trinajstić information content (AvgIpc) is 2.58. The zero-order valence-corrected chi connectivity index (χ0v) is 14.6. The number of methoxy groups -OCH3 is 1. The van der Waals surface area contributed by atoms with Crippen LogP contribution < -0.4 is 15.4 Å². The van der Waals surface area contributed by atoms with Crippen molar-refractivity contribution in [2.75, 3.05) is 31.0 Å². The molecule has 6 heteroatoms. The fourth-order valence-corrected chi connectivity index (χ4v) is 2.25. The van der Waals surface area contributed by atoms with E-state index in [1.165, 1.54) is 7.11 Å². The molecule has 0 heterocycles. The molecule has 0 spiro atoms. The van der Waals surface area contributed by atoms with Crippen LogP contribution in [-0.2, 0) is 9.53 Å². The van der Waals surface area contributed by atoms with Crippen LogP contribution in [0.2, 0.25) is 0 Å². The second-order valence-electron chi connectivity index (χ2n) is 5.43. The predicted octanol–water partition coefficient (Wildman–Crippen LogP) is 3.23. The maximum atomic E-state index is 12.5. The Balaban J connectivity index is 2.14. The lowest BCUT2D eigenvalue weighted by atomic mass is 10.1. The molecule has 0 aliphatic heterocycles. The van der Waals surface area contributed by atoms with Crippen LogP contribution in [0.3, 0.4) is 0 Å². The molecule has 0 atom stereocenters. The molecule has 0 aliphatic rings. The molecule has 2 N–H and O–H groups in total. The van der Waals surface area contributed by atoms with E-state index in [4.69, 9.17) is 9.47 Å². The van der Waals surface area contributed by atoms with Gasteiger partial charge in [0.05, 0.1) is 6.61 Å². The predicted molar refractivity (Wildman–Crippen MR) is 97.2 cm³/mol. The standard InChI is InChI=1S/C19H22N2O4/c1-4-25-16-7-5-6-14(10-16)19(23)21-17-11-15(9-8-13(17)2)20-18(22)12-24-3/h5-11H,4,12H2,1-3H3,(H,20,22)(H,21,23). The molecule has 0 saturated carbocycles. The highest BCUT2D eigenvalue weighted by Gasteiger charge is 2.10. The van der Waals surface area contributed by atoms with Crippen molar-refractivity contribution < 1.29 is 19.1 Å². The van der Waals surface area contributed by atoms with Crippen molar-refractivity contribution in [2.24, 2.45) is 0 Å².